The second-order valence-electron chi connectivity index (χ2n) is 5.85. The van der Waals surface area contributed by atoms with E-state index in [-0.39, 0.29) is 0 Å². The van der Waals surface area contributed by atoms with E-state index >= 15 is 0 Å². The SMILES string of the molecule is CCC(O)(CC)CN1CCCN2CCCC2C1. The number of rotatable bonds is 4. The molecule has 17 heavy (non-hydrogen) atoms. The summed E-state index contributed by atoms with van der Waals surface area (Å²) in [6.07, 6.45) is 5.72. The van der Waals surface area contributed by atoms with Gasteiger partial charge in [-0.1, -0.05) is 13.8 Å². The van der Waals surface area contributed by atoms with Gasteiger partial charge in [-0.05, 0) is 51.7 Å². The topological polar surface area (TPSA) is 26.7 Å². The van der Waals surface area contributed by atoms with Crippen molar-refractivity contribution in [2.75, 3.05) is 32.7 Å². The normalized spacial score (nSPS) is 28.1. The van der Waals surface area contributed by atoms with Gasteiger partial charge in [-0.25, -0.2) is 0 Å². The highest BCUT2D eigenvalue weighted by molar-refractivity contribution is 4.88. The molecule has 0 aromatic carbocycles. The first kappa shape index (κ1) is 13.3. The highest BCUT2D eigenvalue weighted by Crippen LogP contribution is 2.23. The van der Waals surface area contributed by atoms with Gasteiger partial charge in [-0.2, -0.15) is 0 Å². The summed E-state index contributed by atoms with van der Waals surface area (Å²) in [5.41, 5.74) is -0.465. The first-order valence-corrected chi connectivity index (χ1v) is 7.35. The van der Waals surface area contributed by atoms with Crippen LogP contribution < -0.4 is 0 Å². The van der Waals surface area contributed by atoms with Crippen LogP contribution in [0.25, 0.3) is 0 Å². The van der Waals surface area contributed by atoms with E-state index in [1.807, 2.05) is 0 Å². The second kappa shape index (κ2) is 5.68. The van der Waals surface area contributed by atoms with E-state index in [1.165, 1.54) is 38.9 Å². The van der Waals surface area contributed by atoms with Gasteiger partial charge in [0.15, 0.2) is 0 Å². The van der Waals surface area contributed by atoms with Gasteiger partial charge in [0, 0.05) is 19.1 Å². The van der Waals surface area contributed by atoms with Crippen molar-refractivity contribution < 1.29 is 5.11 Å². The first-order valence-electron chi connectivity index (χ1n) is 7.35. The first-order chi connectivity index (χ1) is 8.17. The molecule has 0 aromatic rings. The molecule has 2 aliphatic heterocycles. The molecule has 1 atom stereocenters. The Morgan fingerprint density at radius 2 is 1.82 bits per heavy atom. The van der Waals surface area contributed by atoms with Crippen LogP contribution in [-0.2, 0) is 0 Å². The number of fused-ring (bicyclic) bond motifs is 1. The fourth-order valence-electron chi connectivity index (χ4n) is 3.32. The van der Waals surface area contributed by atoms with Gasteiger partial charge in [0.05, 0.1) is 5.60 Å². The van der Waals surface area contributed by atoms with E-state index < -0.39 is 5.60 Å². The van der Waals surface area contributed by atoms with E-state index in [0.29, 0.717) is 0 Å². The third kappa shape index (κ3) is 3.21. The Balaban J connectivity index is 1.92. The van der Waals surface area contributed by atoms with Gasteiger partial charge < -0.3 is 5.11 Å². The fourth-order valence-corrected chi connectivity index (χ4v) is 3.32. The minimum absolute atomic E-state index is 0.465. The Hall–Kier alpha value is -0.120. The maximum Gasteiger partial charge on any atom is 0.0768 e. The maximum absolute atomic E-state index is 10.5. The lowest BCUT2D eigenvalue weighted by Crippen LogP contribution is -2.45. The van der Waals surface area contributed by atoms with Gasteiger partial charge in [-0.15, -0.1) is 0 Å². The number of aliphatic hydroxyl groups is 1. The lowest BCUT2D eigenvalue weighted by molar-refractivity contribution is -0.00458. The molecular formula is C14H28N2O. The van der Waals surface area contributed by atoms with Crippen molar-refractivity contribution in [1.82, 2.24) is 9.80 Å². The minimum atomic E-state index is -0.465. The zero-order chi connectivity index (χ0) is 12.3. The molecule has 0 radical (unpaired) electrons. The van der Waals surface area contributed by atoms with Crippen molar-refractivity contribution in [3.8, 4) is 0 Å². The Labute approximate surface area is 106 Å². The standard InChI is InChI=1S/C14H28N2O/c1-3-14(17,4-2)12-15-8-6-10-16-9-5-7-13(16)11-15/h13,17H,3-12H2,1-2H3. The van der Waals surface area contributed by atoms with Crippen LogP contribution in [0.1, 0.15) is 46.0 Å². The van der Waals surface area contributed by atoms with Gasteiger partial charge in [0.2, 0.25) is 0 Å². The van der Waals surface area contributed by atoms with Gasteiger partial charge >= 0.3 is 0 Å². The van der Waals surface area contributed by atoms with Crippen LogP contribution in [0, 0.1) is 0 Å². The third-order valence-electron chi connectivity index (χ3n) is 4.72. The van der Waals surface area contributed by atoms with Crippen LogP contribution in [0.3, 0.4) is 0 Å². The van der Waals surface area contributed by atoms with Crippen molar-refractivity contribution in [3.63, 3.8) is 0 Å². The molecule has 2 fully saturated rings. The Morgan fingerprint density at radius 1 is 1.12 bits per heavy atom. The number of β-amino-alcohol motifs (C(OH)–C–C–N with tert-alkyl or cyclic N) is 1. The van der Waals surface area contributed by atoms with Gasteiger partial charge in [0.25, 0.3) is 0 Å². The molecule has 2 heterocycles. The summed E-state index contributed by atoms with van der Waals surface area (Å²) >= 11 is 0. The van der Waals surface area contributed by atoms with Crippen molar-refractivity contribution in [2.45, 2.75) is 57.6 Å². The predicted molar refractivity (Wildman–Crippen MR) is 71.2 cm³/mol. The number of hydrogen-bond acceptors (Lipinski definition) is 3. The van der Waals surface area contributed by atoms with Crippen LogP contribution in [0.2, 0.25) is 0 Å². The predicted octanol–water partition coefficient (Wildman–Crippen LogP) is 1.71. The fraction of sp³-hybridized carbons (Fsp3) is 1.00. The highest BCUT2D eigenvalue weighted by Gasteiger charge is 2.32. The summed E-state index contributed by atoms with van der Waals surface area (Å²) in [5, 5.41) is 10.5. The third-order valence-corrected chi connectivity index (χ3v) is 4.72. The average molecular weight is 240 g/mol. The van der Waals surface area contributed by atoms with Crippen molar-refractivity contribution in [1.29, 1.82) is 0 Å². The molecule has 2 aliphatic rings. The summed E-state index contributed by atoms with van der Waals surface area (Å²) in [6, 6.07) is 0.760. The molecular weight excluding hydrogens is 212 g/mol. The van der Waals surface area contributed by atoms with E-state index in [9.17, 15) is 5.11 Å². The van der Waals surface area contributed by atoms with Crippen molar-refractivity contribution in [2.24, 2.45) is 0 Å². The molecule has 1 N–H and O–H groups in total. The van der Waals surface area contributed by atoms with Crippen molar-refractivity contribution >= 4 is 0 Å². The quantitative estimate of drug-likeness (QED) is 0.810. The van der Waals surface area contributed by atoms with E-state index in [2.05, 4.69) is 23.6 Å². The summed E-state index contributed by atoms with van der Waals surface area (Å²) < 4.78 is 0. The average Bonchev–Trinajstić information content (AvgIpc) is 2.68. The van der Waals surface area contributed by atoms with Crippen LogP contribution in [0.15, 0.2) is 0 Å². The molecule has 2 rings (SSSR count). The Bertz CT molecular complexity index is 240. The summed E-state index contributed by atoms with van der Waals surface area (Å²) in [4.78, 5) is 5.15. The number of nitrogens with zero attached hydrogens (tertiary/aromatic N) is 2. The summed E-state index contributed by atoms with van der Waals surface area (Å²) in [6.45, 7) is 9.95. The molecule has 100 valence electrons. The molecule has 2 saturated heterocycles. The summed E-state index contributed by atoms with van der Waals surface area (Å²) in [7, 11) is 0. The Morgan fingerprint density at radius 3 is 2.53 bits per heavy atom. The highest BCUT2D eigenvalue weighted by atomic mass is 16.3. The lowest BCUT2D eigenvalue weighted by Gasteiger charge is -2.33. The largest absolute Gasteiger partial charge is 0.389 e. The van der Waals surface area contributed by atoms with Crippen molar-refractivity contribution in [3.05, 3.63) is 0 Å². The summed E-state index contributed by atoms with van der Waals surface area (Å²) in [5.74, 6) is 0. The zero-order valence-corrected chi connectivity index (χ0v) is 11.5. The molecule has 0 amide bonds. The molecule has 3 nitrogen and oxygen atoms in total. The maximum atomic E-state index is 10.5. The molecule has 0 spiro atoms. The minimum Gasteiger partial charge on any atom is -0.389 e. The smallest absolute Gasteiger partial charge is 0.0768 e. The lowest BCUT2D eigenvalue weighted by atomic mass is 9.96. The van der Waals surface area contributed by atoms with E-state index in [4.69, 9.17) is 0 Å². The zero-order valence-electron chi connectivity index (χ0n) is 11.5. The van der Waals surface area contributed by atoms with Crippen LogP contribution in [0.4, 0.5) is 0 Å². The number of hydrogen-bond donors (Lipinski definition) is 1. The van der Waals surface area contributed by atoms with Crippen LogP contribution in [-0.4, -0.2) is 59.3 Å². The van der Waals surface area contributed by atoms with E-state index in [1.54, 1.807) is 0 Å². The van der Waals surface area contributed by atoms with E-state index in [0.717, 1.165) is 32.0 Å². The molecule has 0 saturated carbocycles. The van der Waals surface area contributed by atoms with Crippen LogP contribution >= 0.6 is 0 Å². The molecule has 1 unspecified atom stereocenters. The van der Waals surface area contributed by atoms with Crippen LogP contribution in [0.5, 0.6) is 0 Å². The second-order valence-corrected chi connectivity index (χ2v) is 5.85. The monoisotopic (exact) mass is 240 g/mol. The van der Waals surface area contributed by atoms with Gasteiger partial charge in [-0.3, -0.25) is 9.80 Å². The molecule has 0 bridgehead atoms. The van der Waals surface area contributed by atoms with Gasteiger partial charge in [0.1, 0.15) is 0 Å². The molecule has 0 aliphatic carbocycles. The molecule has 0 aromatic heterocycles. The molecule has 3 heteroatoms. The Kier molecular flexibility index (Phi) is 4.45.